The largest absolute Gasteiger partial charge is 0.489 e. The van der Waals surface area contributed by atoms with Crippen molar-refractivity contribution in [2.45, 2.75) is 58.2 Å². The molecular weight excluding hydrogens is 705 g/mol. The number of carbonyl (C=O) groups is 2. The van der Waals surface area contributed by atoms with Crippen molar-refractivity contribution >= 4 is 24.0 Å². The Hall–Kier alpha value is -5.19. The van der Waals surface area contributed by atoms with Gasteiger partial charge in [-0.1, -0.05) is 72.3 Å². The fourth-order valence-corrected chi connectivity index (χ4v) is 6.02. The van der Waals surface area contributed by atoms with Crippen molar-refractivity contribution in [1.82, 2.24) is 10.3 Å². The molecule has 1 aliphatic carbocycles. The molecule has 4 aromatic carbocycles. The lowest BCUT2D eigenvalue weighted by atomic mass is 9.96. The van der Waals surface area contributed by atoms with Crippen molar-refractivity contribution in [3.8, 4) is 16.9 Å². The molecule has 0 atom stereocenters. The molecule has 0 amide bonds. The summed E-state index contributed by atoms with van der Waals surface area (Å²) in [6.45, 7) is 3.57. The Morgan fingerprint density at radius 1 is 0.868 bits per heavy atom. The maximum Gasteiger partial charge on any atom is 0.416 e. The lowest BCUT2D eigenvalue weighted by molar-refractivity contribution is -0.137. The summed E-state index contributed by atoms with van der Waals surface area (Å²) in [6.07, 6.45) is 2.27. The fraction of sp³-hybridized carbons (Fsp3) is 0.262. The number of pyridine rings is 1. The Kier molecular flexibility index (Phi) is 15.4. The van der Waals surface area contributed by atoms with E-state index in [-0.39, 0.29) is 18.6 Å². The zero-order chi connectivity index (χ0) is 38.2. The summed E-state index contributed by atoms with van der Waals surface area (Å²) in [7, 11) is 0. The molecule has 5 aromatic rings. The van der Waals surface area contributed by atoms with Crippen LogP contribution in [-0.4, -0.2) is 40.7 Å². The molecule has 0 fully saturated rings. The van der Waals surface area contributed by atoms with Gasteiger partial charge in [-0.15, -0.1) is 0 Å². The van der Waals surface area contributed by atoms with E-state index in [0.29, 0.717) is 10.6 Å². The van der Waals surface area contributed by atoms with E-state index in [1.807, 2.05) is 48.5 Å². The first-order valence-electron chi connectivity index (χ1n) is 17.2. The Labute approximate surface area is 312 Å². The van der Waals surface area contributed by atoms with Gasteiger partial charge in [0, 0.05) is 22.0 Å². The second-order valence-electron chi connectivity index (χ2n) is 12.4. The van der Waals surface area contributed by atoms with Crippen LogP contribution in [-0.2, 0) is 43.3 Å². The number of carboxylic acid groups (broad SMARTS) is 2. The van der Waals surface area contributed by atoms with Crippen molar-refractivity contribution in [2.24, 2.45) is 0 Å². The number of hydrogen-bond donors (Lipinski definition) is 3. The van der Waals surface area contributed by atoms with Crippen molar-refractivity contribution in [2.75, 3.05) is 13.1 Å². The Morgan fingerprint density at radius 2 is 1.53 bits per heavy atom. The quantitative estimate of drug-likeness (QED) is 0.0913. The highest BCUT2D eigenvalue weighted by Gasteiger charge is 2.30. The van der Waals surface area contributed by atoms with E-state index < -0.39 is 17.7 Å². The molecule has 3 N–H and O–H groups in total. The van der Waals surface area contributed by atoms with E-state index in [2.05, 4.69) is 29.4 Å². The van der Waals surface area contributed by atoms with Crippen LogP contribution in [0.25, 0.3) is 11.1 Å². The van der Waals surface area contributed by atoms with E-state index in [0.717, 1.165) is 71.8 Å². The molecule has 1 heterocycles. The lowest BCUT2D eigenvalue weighted by Gasteiger charge is -2.14. The molecule has 0 radical (unpaired) electrons. The van der Waals surface area contributed by atoms with Crippen LogP contribution in [0.5, 0.6) is 5.75 Å². The second-order valence-corrected chi connectivity index (χ2v) is 12.8. The first-order chi connectivity index (χ1) is 25.5. The molecule has 0 saturated heterocycles. The Morgan fingerprint density at radius 3 is 2.21 bits per heavy atom. The molecule has 0 saturated carbocycles. The number of para-hydroxylation sites is 1. The minimum atomic E-state index is -4.37. The molecule has 1 aliphatic rings. The summed E-state index contributed by atoms with van der Waals surface area (Å²) in [4.78, 5) is 23.8. The SMILES string of the molecule is Cc1ccc2c(n1)CCCC2.O=C(O)c1ccc(CCNCCc2ccccc2OCc2ccc(-c3ccc(C(F)(F)F)cc3)cc2Cl)cc1.O=CO. The smallest absolute Gasteiger partial charge is 0.416 e. The van der Waals surface area contributed by atoms with Gasteiger partial charge in [0.25, 0.3) is 6.47 Å². The maximum absolute atomic E-state index is 12.8. The predicted molar refractivity (Wildman–Crippen MR) is 201 cm³/mol. The molecule has 0 unspecified atom stereocenters. The van der Waals surface area contributed by atoms with Crippen LogP contribution in [0.3, 0.4) is 0 Å². The van der Waals surface area contributed by atoms with Gasteiger partial charge in [0.1, 0.15) is 12.4 Å². The lowest BCUT2D eigenvalue weighted by Crippen LogP contribution is -2.20. The molecule has 53 heavy (non-hydrogen) atoms. The van der Waals surface area contributed by atoms with E-state index in [4.69, 9.17) is 31.3 Å². The molecule has 7 nitrogen and oxygen atoms in total. The molecule has 0 spiro atoms. The number of hydrogen-bond acceptors (Lipinski definition) is 5. The van der Waals surface area contributed by atoms with E-state index in [9.17, 15) is 18.0 Å². The maximum atomic E-state index is 12.8. The molecule has 6 rings (SSSR count). The second kappa shape index (κ2) is 20.2. The zero-order valence-corrected chi connectivity index (χ0v) is 30.1. The summed E-state index contributed by atoms with van der Waals surface area (Å²) in [5, 5.41) is 19.8. The summed E-state index contributed by atoms with van der Waals surface area (Å²) in [5.41, 5.74) is 7.82. The number of aryl methyl sites for hydroxylation is 3. The van der Waals surface area contributed by atoms with Crippen molar-refractivity contribution in [1.29, 1.82) is 0 Å². The number of alkyl halides is 3. The zero-order valence-electron chi connectivity index (χ0n) is 29.3. The van der Waals surface area contributed by atoms with E-state index in [1.165, 1.54) is 49.1 Å². The number of ether oxygens (including phenoxy) is 1. The Balaban J connectivity index is 0.000000372. The average molecular weight is 747 g/mol. The van der Waals surface area contributed by atoms with Crippen LogP contribution in [0.15, 0.2) is 103 Å². The number of benzene rings is 4. The van der Waals surface area contributed by atoms with Gasteiger partial charge in [-0.3, -0.25) is 9.78 Å². The first kappa shape index (κ1) is 40.6. The van der Waals surface area contributed by atoms with E-state index in [1.54, 1.807) is 18.2 Å². The molecule has 11 heteroatoms. The molecular formula is C42H42ClF3N2O5. The normalized spacial score (nSPS) is 11.9. The van der Waals surface area contributed by atoms with Gasteiger partial charge < -0.3 is 20.3 Å². The summed E-state index contributed by atoms with van der Waals surface area (Å²) < 4.78 is 44.6. The number of halogens is 4. The van der Waals surface area contributed by atoms with Gasteiger partial charge in [-0.25, -0.2) is 4.79 Å². The summed E-state index contributed by atoms with van der Waals surface area (Å²) >= 11 is 6.48. The van der Waals surface area contributed by atoms with Crippen molar-refractivity contribution in [3.05, 3.63) is 153 Å². The number of nitrogens with zero attached hydrogens (tertiary/aromatic N) is 1. The van der Waals surface area contributed by atoms with Gasteiger partial charge in [-0.2, -0.15) is 13.2 Å². The third-order valence-electron chi connectivity index (χ3n) is 8.63. The topological polar surface area (TPSA) is 109 Å². The molecule has 1 aromatic heterocycles. The number of nitrogens with one attached hydrogen (secondary N) is 1. The van der Waals surface area contributed by atoms with Gasteiger partial charge >= 0.3 is 12.1 Å². The minimum absolute atomic E-state index is 0.250. The van der Waals surface area contributed by atoms with Crippen LogP contribution in [0, 0.1) is 6.92 Å². The van der Waals surface area contributed by atoms with Crippen LogP contribution in [0.4, 0.5) is 13.2 Å². The highest BCUT2D eigenvalue weighted by atomic mass is 35.5. The number of carboxylic acids is 1. The highest BCUT2D eigenvalue weighted by Crippen LogP contribution is 2.32. The number of aromatic carboxylic acids is 1. The van der Waals surface area contributed by atoms with Crippen LogP contribution in [0.1, 0.15) is 62.4 Å². The fourth-order valence-electron chi connectivity index (χ4n) is 5.79. The summed E-state index contributed by atoms with van der Waals surface area (Å²) in [6, 6.07) is 29.4. The third kappa shape index (κ3) is 12.8. The van der Waals surface area contributed by atoms with Crippen LogP contribution < -0.4 is 10.1 Å². The van der Waals surface area contributed by atoms with E-state index >= 15 is 0 Å². The number of aromatic nitrogens is 1. The molecule has 278 valence electrons. The van der Waals surface area contributed by atoms with Crippen LogP contribution >= 0.6 is 11.6 Å². The average Bonchev–Trinajstić information content (AvgIpc) is 3.15. The number of fused-ring (bicyclic) bond motifs is 1. The van der Waals surface area contributed by atoms with Gasteiger partial charge in [0.05, 0.1) is 11.1 Å². The predicted octanol–water partition coefficient (Wildman–Crippen LogP) is 9.65. The minimum Gasteiger partial charge on any atom is -0.489 e. The van der Waals surface area contributed by atoms with Gasteiger partial charge in [0.15, 0.2) is 0 Å². The van der Waals surface area contributed by atoms with Gasteiger partial charge in [-0.05, 0) is 129 Å². The number of rotatable bonds is 11. The molecule has 0 aliphatic heterocycles. The summed E-state index contributed by atoms with van der Waals surface area (Å²) in [5.74, 6) is -0.176. The molecule has 0 bridgehead atoms. The van der Waals surface area contributed by atoms with Gasteiger partial charge in [0.2, 0.25) is 0 Å². The van der Waals surface area contributed by atoms with Crippen LogP contribution in [0.2, 0.25) is 5.02 Å². The highest BCUT2D eigenvalue weighted by molar-refractivity contribution is 6.31. The Bertz CT molecular complexity index is 1930. The first-order valence-corrected chi connectivity index (χ1v) is 17.6. The van der Waals surface area contributed by atoms with Crippen molar-refractivity contribution in [3.63, 3.8) is 0 Å². The monoisotopic (exact) mass is 746 g/mol. The van der Waals surface area contributed by atoms with Crippen molar-refractivity contribution < 1.29 is 37.7 Å². The third-order valence-corrected chi connectivity index (χ3v) is 8.99. The standard InChI is InChI=1S/C31H27ClF3NO3.C10H13N.CH2O2/c32-28-19-25(22-11-13-27(14-12-22)31(33,34)35)9-10-26(28)20-39-29-4-2-1-3-23(29)16-18-36-17-15-21-5-7-24(8-6-21)30(37)38;1-8-6-7-9-4-2-3-5-10(9)11-8;2-1-3/h1-14,19,36H,15-18,20H2,(H,37,38);6-7H,2-5H2,1H3;1H,(H,2,3).